The number of amides is 2. The lowest BCUT2D eigenvalue weighted by Gasteiger charge is -2.38. The van der Waals surface area contributed by atoms with Crippen LogP contribution >= 0.6 is 0 Å². The minimum atomic E-state index is -0.328. The van der Waals surface area contributed by atoms with E-state index >= 15 is 0 Å². The SMILES string of the molecule is CCC(CC)CN1C(=O)C(CC)NC(=O)C1C. The van der Waals surface area contributed by atoms with Gasteiger partial charge >= 0.3 is 0 Å². The highest BCUT2D eigenvalue weighted by Crippen LogP contribution is 2.17. The van der Waals surface area contributed by atoms with E-state index in [0.29, 0.717) is 18.9 Å². The Morgan fingerprint density at radius 1 is 1.24 bits per heavy atom. The Hall–Kier alpha value is -1.06. The summed E-state index contributed by atoms with van der Waals surface area (Å²) < 4.78 is 0. The highest BCUT2D eigenvalue weighted by Gasteiger charge is 2.37. The molecule has 4 heteroatoms. The van der Waals surface area contributed by atoms with Crippen molar-refractivity contribution in [1.82, 2.24) is 10.2 Å². The Kier molecular flexibility index (Phi) is 4.97. The van der Waals surface area contributed by atoms with Crippen LogP contribution in [0.4, 0.5) is 0 Å². The Bertz CT molecular complexity index is 287. The van der Waals surface area contributed by atoms with Crippen LogP contribution < -0.4 is 5.32 Å². The lowest BCUT2D eigenvalue weighted by molar-refractivity contribution is -0.149. The number of nitrogens with one attached hydrogen (secondary N) is 1. The van der Waals surface area contributed by atoms with Crippen LogP contribution in [0.2, 0.25) is 0 Å². The van der Waals surface area contributed by atoms with Gasteiger partial charge in [0.1, 0.15) is 12.1 Å². The van der Waals surface area contributed by atoms with Crippen molar-refractivity contribution in [2.24, 2.45) is 5.92 Å². The van der Waals surface area contributed by atoms with Crippen molar-refractivity contribution in [3.05, 3.63) is 0 Å². The quantitative estimate of drug-likeness (QED) is 0.792. The summed E-state index contributed by atoms with van der Waals surface area (Å²) in [6, 6.07) is -0.654. The molecule has 98 valence electrons. The maximum atomic E-state index is 12.2. The third kappa shape index (κ3) is 2.99. The van der Waals surface area contributed by atoms with Crippen LogP contribution in [-0.2, 0) is 9.59 Å². The molecular formula is C13H24N2O2. The molecule has 1 heterocycles. The van der Waals surface area contributed by atoms with Crippen LogP contribution in [0.25, 0.3) is 0 Å². The summed E-state index contributed by atoms with van der Waals surface area (Å²) in [6.45, 7) is 8.70. The summed E-state index contributed by atoms with van der Waals surface area (Å²) >= 11 is 0. The van der Waals surface area contributed by atoms with Gasteiger partial charge in [-0.25, -0.2) is 0 Å². The van der Waals surface area contributed by atoms with E-state index < -0.39 is 0 Å². The van der Waals surface area contributed by atoms with Gasteiger partial charge < -0.3 is 10.2 Å². The molecule has 2 amide bonds. The lowest BCUT2D eigenvalue weighted by atomic mass is 9.99. The molecule has 0 aromatic heterocycles. The molecule has 1 aliphatic rings. The van der Waals surface area contributed by atoms with Gasteiger partial charge in [-0.2, -0.15) is 0 Å². The Morgan fingerprint density at radius 2 is 1.82 bits per heavy atom. The summed E-state index contributed by atoms with van der Waals surface area (Å²) in [5.41, 5.74) is 0. The van der Waals surface area contributed by atoms with E-state index in [1.807, 2.05) is 13.8 Å². The molecule has 2 unspecified atom stereocenters. The van der Waals surface area contributed by atoms with Crippen LogP contribution in [0.5, 0.6) is 0 Å². The fourth-order valence-electron chi connectivity index (χ4n) is 2.24. The second-order valence-corrected chi connectivity index (χ2v) is 4.82. The zero-order valence-electron chi connectivity index (χ0n) is 11.3. The monoisotopic (exact) mass is 240 g/mol. The van der Waals surface area contributed by atoms with Gasteiger partial charge in [0.25, 0.3) is 0 Å². The van der Waals surface area contributed by atoms with Crippen molar-refractivity contribution in [2.45, 2.75) is 59.0 Å². The molecule has 1 N–H and O–H groups in total. The number of rotatable bonds is 5. The maximum Gasteiger partial charge on any atom is 0.245 e. The minimum absolute atomic E-state index is 0.0255. The topological polar surface area (TPSA) is 49.4 Å². The number of hydrogen-bond donors (Lipinski definition) is 1. The maximum absolute atomic E-state index is 12.2. The lowest BCUT2D eigenvalue weighted by Crippen LogP contribution is -2.62. The third-order valence-electron chi connectivity index (χ3n) is 3.76. The molecule has 0 aromatic carbocycles. The normalized spacial score (nSPS) is 25.4. The third-order valence-corrected chi connectivity index (χ3v) is 3.76. The molecule has 0 aromatic rings. The standard InChI is InChI=1S/C13H24N2O2/c1-5-10(6-2)8-15-9(4)12(16)14-11(7-3)13(15)17/h9-11H,5-8H2,1-4H3,(H,14,16). The van der Waals surface area contributed by atoms with E-state index in [2.05, 4.69) is 19.2 Å². The van der Waals surface area contributed by atoms with E-state index in [1.54, 1.807) is 4.90 Å². The largest absolute Gasteiger partial charge is 0.343 e. The van der Waals surface area contributed by atoms with Crippen LogP contribution in [-0.4, -0.2) is 35.3 Å². The molecule has 1 saturated heterocycles. The summed E-state index contributed by atoms with van der Waals surface area (Å²) in [4.78, 5) is 25.7. The van der Waals surface area contributed by atoms with Gasteiger partial charge in [-0.1, -0.05) is 33.6 Å². The molecule has 0 saturated carbocycles. The van der Waals surface area contributed by atoms with Crippen molar-refractivity contribution in [3.63, 3.8) is 0 Å². The Labute approximate surface area is 104 Å². The number of carbonyl (C=O) groups is 2. The molecule has 0 radical (unpaired) electrons. The van der Waals surface area contributed by atoms with Crippen molar-refractivity contribution in [2.75, 3.05) is 6.54 Å². The zero-order valence-corrected chi connectivity index (χ0v) is 11.3. The zero-order chi connectivity index (χ0) is 13.0. The summed E-state index contributed by atoms with van der Waals surface area (Å²) in [5, 5.41) is 2.77. The highest BCUT2D eigenvalue weighted by atomic mass is 16.2. The molecule has 1 fully saturated rings. The van der Waals surface area contributed by atoms with Gasteiger partial charge in [0, 0.05) is 6.54 Å². The smallest absolute Gasteiger partial charge is 0.245 e. The van der Waals surface area contributed by atoms with Gasteiger partial charge in [-0.05, 0) is 19.3 Å². The van der Waals surface area contributed by atoms with Crippen LogP contribution in [0, 0.1) is 5.92 Å². The average Bonchev–Trinajstić information content (AvgIpc) is 2.34. The van der Waals surface area contributed by atoms with Crippen LogP contribution in [0.15, 0.2) is 0 Å². The second-order valence-electron chi connectivity index (χ2n) is 4.82. The van der Waals surface area contributed by atoms with Gasteiger partial charge in [-0.3, -0.25) is 9.59 Å². The second kappa shape index (κ2) is 6.03. The van der Waals surface area contributed by atoms with E-state index in [0.717, 1.165) is 12.8 Å². The van der Waals surface area contributed by atoms with Crippen molar-refractivity contribution in [3.8, 4) is 0 Å². The summed E-state index contributed by atoms with van der Waals surface area (Å²) in [6.07, 6.45) is 2.76. The molecule has 0 bridgehead atoms. The van der Waals surface area contributed by atoms with Gasteiger partial charge in [0.15, 0.2) is 0 Å². The van der Waals surface area contributed by atoms with Gasteiger partial charge in [-0.15, -0.1) is 0 Å². The minimum Gasteiger partial charge on any atom is -0.343 e. The molecule has 0 aliphatic carbocycles. The highest BCUT2D eigenvalue weighted by molar-refractivity contribution is 5.96. The number of hydrogen-bond acceptors (Lipinski definition) is 2. The van der Waals surface area contributed by atoms with E-state index in [1.165, 1.54) is 0 Å². The summed E-state index contributed by atoms with van der Waals surface area (Å²) in [5.74, 6) is 0.540. The van der Waals surface area contributed by atoms with Crippen LogP contribution in [0.3, 0.4) is 0 Å². The molecular weight excluding hydrogens is 216 g/mol. The Balaban J connectivity index is 2.78. The van der Waals surface area contributed by atoms with Gasteiger partial charge in [0.2, 0.25) is 11.8 Å². The van der Waals surface area contributed by atoms with Crippen molar-refractivity contribution >= 4 is 11.8 Å². The van der Waals surface area contributed by atoms with Crippen molar-refractivity contribution in [1.29, 1.82) is 0 Å². The molecule has 1 rings (SSSR count). The molecule has 2 atom stereocenters. The van der Waals surface area contributed by atoms with Gasteiger partial charge in [0.05, 0.1) is 0 Å². The molecule has 1 aliphatic heterocycles. The number of nitrogens with zero attached hydrogens (tertiary/aromatic N) is 1. The first-order valence-electron chi connectivity index (χ1n) is 6.65. The molecule has 17 heavy (non-hydrogen) atoms. The Morgan fingerprint density at radius 3 is 2.29 bits per heavy atom. The fourth-order valence-corrected chi connectivity index (χ4v) is 2.24. The van der Waals surface area contributed by atoms with Crippen LogP contribution in [0.1, 0.15) is 47.0 Å². The first kappa shape index (κ1) is 14.0. The average molecular weight is 240 g/mol. The predicted molar refractivity (Wildman–Crippen MR) is 67.5 cm³/mol. The number of carbonyl (C=O) groups excluding carboxylic acids is 2. The number of piperazine rings is 1. The predicted octanol–water partition coefficient (Wildman–Crippen LogP) is 1.55. The molecule has 0 spiro atoms. The van der Waals surface area contributed by atoms with Crippen molar-refractivity contribution < 1.29 is 9.59 Å². The van der Waals surface area contributed by atoms with E-state index in [9.17, 15) is 9.59 Å². The first-order valence-corrected chi connectivity index (χ1v) is 6.65. The fraction of sp³-hybridized carbons (Fsp3) is 0.846. The first-order chi connectivity index (χ1) is 8.04. The van der Waals surface area contributed by atoms with E-state index in [4.69, 9.17) is 0 Å². The van der Waals surface area contributed by atoms with E-state index in [-0.39, 0.29) is 23.9 Å². The molecule has 4 nitrogen and oxygen atoms in total. The summed E-state index contributed by atoms with van der Waals surface area (Å²) in [7, 11) is 0.